The first-order valence-corrected chi connectivity index (χ1v) is 12.0. The number of guanidine groups is 1. The predicted octanol–water partition coefficient (Wildman–Crippen LogP) is 2.26. The summed E-state index contributed by atoms with van der Waals surface area (Å²) in [5.41, 5.74) is 1.43. The highest BCUT2D eigenvalue weighted by atomic mass is 127. The Morgan fingerprint density at radius 3 is 2.59 bits per heavy atom. The molecule has 0 bridgehead atoms. The largest absolute Gasteiger partial charge is 0.379 e. The van der Waals surface area contributed by atoms with E-state index in [1.54, 1.807) is 0 Å². The molecule has 2 N–H and O–H groups in total. The predicted molar refractivity (Wildman–Crippen MR) is 144 cm³/mol. The Morgan fingerprint density at radius 2 is 1.88 bits per heavy atom. The van der Waals surface area contributed by atoms with Crippen LogP contribution >= 0.6 is 24.0 Å². The fraction of sp³-hybridized carbons (Fsp3) is 0.708. The summed E-state index contributed by atoms with van der Waals surface area (Å²) in [6, 6.07) is 11.9. The van der Waals surface area contributed by atoms with Crippen molar-refractivity contribution in [3.63, 3.8) is 0 Å². The maximum Gasteiger partial charge on any atom is 0.191 e. The summed E-state index contributed by atoms with van der Waals surface area (Å²) >= 11 is 0. The standard InChI is InChI=1S/C24H42N6O.HI/c1-4-25-24(27-19-21(2)29-15-17-31-18-16-29)26-11-8-12-30-14-13-28(3)20-23(30)22-9-6-5-7-10-22;/h5-7,9-10,21,23H,4,8,11-20H2,1-3H3,(H2,25,26,27);1H. The summed E-state index contributed by atoms with van der Waals surface area (Å²) in [5, 5.41) is 6.94. The van der Waals surface area contributed by atoms with Crippen molar-refractivity contribution in [2.45, 2.75) is 32.4 Å². The number of likely N-dealkylation sites (N-methyl/N-ethyl adjacent to an activating group) is 1. The number of aliphatic imine (C=N–C) groups is 1. The van der Waals surface area contributed by atoms with E-state index in [2.05, 4.69) is 76.6 Å². The number of ether oxygens (including phenoxy) is 1. The van der Waals surface area contributed by atoms with Crippen LogP contribution in [0.5, 0.6) is 0 Å². The molecule has 0 aliphatic carbocycles. The first-order valence-electron chi connectivity index (χ1n) is 12.0. The number of benzene rings is 1. The van der Waals surface area contributed by atoms with E-state index in [1.165, 1.54) is 5.56 Å². The first kappa shape index (κ1) is 27.3. The lowest BCUT2D eigenvalue weighted by atomic mass is 10.0. The van der Waals surface area contributed by atoms with Gasteiger partial charge in [-0.2, -0.15) is 0 Å². The average molecular weight is 559 g/mol. The van der Waals surface area contributed by atoms with Crippen molar-refractivity contribution < 1.29 is 4.74 Å². The van der Waals surface area contributed by atoms with Gasteiger partial charge in [-0.05, 0) is 32.9 Å². The second-order valence-electron chi connectivity index (χ2n) is 8.72. The number of morpholine rings is 1. The van der Waals surface area contributed by atoms with Crippen LogP contribution < -0.4 is 10.6 Å². The van der Waals surface area contributed by atoms with Gasteiger partial charge in [0.05, 0.1) is 19.8 Å². The van der Waals surface area contributed by atoms with E-state index in [-0.39, 0.29) is 24.0 Å². The van der Waals surface area contributed by atoms with E-state index in [4.69, 9.17) is 9.73 Å². The van der Waals surface area contributed by atoms with Crippen molar-refractivity contribution in [2.75, 3.05) is 79.2 Å². The molecule has 2 aliphatic rings. The first-order chi connectivity index (χ1) is 15.2. The molecule has 3 rings (SSSR count). The van der Waals surface area contributed by atoms with Crippen LogP contribution in [0.15, 0.2) is 35.3 Å². The maximum atomic E-state index is 5.46. The Labute approximate surface area is 212 Å². The Kier molecular flexibility index (Phi) is 12.8. The van der Waals surface area contributed by atoms with Crippen LogP contribution in [0.1, 0.15) is 31.9 Å². The molecule has 2 heterocycles. The quantitative estimate of drug-likeness (QED) is 0.210. The molecule has 2 saturated heterocycles. The van der Waals surface area contributed by atoms with Crippen molar-refractivity contribution in [3.8, 4) is 0 Å². The van der Waals surface area contributed by atoms with Gasteiger partial charge in [-0.15, -0.1) is 24.0 Å². The number of halogens is 1. The third-order valence-electron chi connectivity index (χ3n) is 6.32. The molecule has 1 aromatic carbocycles. The van der Waals surface area contributed by atoms with E-state index in [9.17, 15) is 0 Å². The Hall–Kier alpha value is -0.940. The van der Waals surface area contributed by atoms with Crippen LogP contribution in [0.2, 0.25) is 0 Å². The Morgan fingerprint density at radius 1 is 1.12 bits per heavy atom. The van der Waals surface area contributed by atoms with Crippen LogP contribution in [0.3, 0.4) is 0 Å². The van der Waals surface area contributed by atoms with E-state index in [0.717, 1.165) is 84.5 Å². The van der Waals surface area contributed by atoms with Crippen molar-refractivity contribution >= 4 is 29.9 Å². The number of hydrogen-bond donors (Lipinski definition) is 2. The number of nitrogens with one attached hydrogen (secondary N) is 2. The zero-order valence-electron chi connectivity index (χ0n) is 20.1. The molecular formula is C24H43IN6O. The van der Waals surface area contributed by atoms with Gasteiger partial charge in [0.15, 0.2) is 5.96 Å². The molecule has 182 valence electrons. The second-order valence-corrected chi connectivity index (χ2v) is 8.72. The van der Waals surface area contributed by atoms with Crippen LogP contribution in [0.25, 0.3) is 0 Å². The zero-order valence-corrected chi connectivity index (χ0v) is 22.5. The Balaban J connectivity index is 0.00000363. The third-order valence-corrected chi connectivity index (χ3v) is 6.32. The number of hydrogen-bond acceptors (Lipinski definition) is 5. The van der Waals surface area contributed by atoms with Crippen LogP contribution in [-0.4, -0.2) is 106 Å². The normalized spacial score (nSPS) is 22.2. The maximum absolute atomic E-state index is 5.46. The van der Waals surface area contributed by atoms with Gasteiger partial charge in [-0.3, -0.25) is 14.8 Å². The minimum Gasteiger partial charge on any atom is -0.379 e. The number of nitrogens with zero attached hydrogens (tertiary/aromatic N) is 4. The summed E-state index contributed by atoms with van der Waals surface area (Å²) < 4.78 is 5.46. The monoisotopic (exact) mass is 558 g/mol. The van der Waals surface area contributed by atoms with Crippen LogP contribution in [0, 0.1) is 0 Å². The van der Waals surface area contributed by atoms with Crippen molar-refractivity contribution in [3.05, 3.63) is 35.9 Å². The average Bonchev–Trinajstić information content (AvgIpc) is 2.81. The van der Waals surface area contributed by atoms with E-state index in [1.807, 2.05) is 0 Å². The summed E-state index contributed by atoms with van der Waals surface area (Å²) in [6.45, 7) is 15.2. The SMILES string of the molecule is CCNC(=NCC(C)N1CCOCC1)NCCCN1CCN(C)CC1c1ccccc1.I. The summed E-state index contributed by atoms with van der Waals surface area (Å²) in [7, 11) is 2.23. The molecule has 32 heavy (non-hydrogen) atoms. The molecule has 2 unspecified atom stereocenters. The van der Waals surface area contributed by atoms with Gasteiger partial charge in [-0.25, -0.2) is 0 Å². The van der Waals surface area contributed by atoms with Gasteiger partial charge >= 0.3 is 0 Å². The molecular weight excluding hydrogens is 515 g/mol. The third kappa shape index (κ3) is 8.78. The van der Waals surface area contributed by atoms with Crippen LogP contribution in [0.4, 0.5) is 0 Å². The van der Waals surface area contributed by atoms with Crippen molar-refractivity contribution in [1.29, 1.82) is 0 Å². The fourth-order valence-corrected chi connectivity index (χ4v) is 4.40. The molecule has 1 aromatic rings. The highest BCUT2D eigenvalue weighted by Gasteiger charge is 2.26. The molecule has 0 amide bonds. The number of rotatable bonds is 9. The molecule has 0 aromatic heterocycles. The molecule has 7 nitrogen and oxygen atoms in total. The summed E-state index contributed by atoms with van der Waals surface area (Å²) in [6.07, 6.45) is 1.11. The molecule has 2 fully saturated rings. The van der Waals surface area contributed by atoms with Gasteiger partial charge in [0.1, 0.15) is 0 Å². The Bertz CT molecular complexity index is 655. The summed E-state index contributed by atoms with van der Waals surface area (Å²) in [4.78, 5) is 12.4. The number of piperazine rings is 1. The summed E-state index contributed by atoms with van der Waals surface area (Å²) in [5.74, 6) is 0.931. The van der Waals surface area contributed by atoms with Gasteiger partial charge in [0.2, 0.25) is 0 Å². The zero-order chi connectivity index (χ0) is 21.9. The highest BCUT2D eigenvalue weighted by Crippen LogP contribution is 2.24. The van der Waals surface area contributed by atoms with E-state index >= 15 is 0 Å². The van der Waals surface area contributed by atoms with Crippen molar-refractivity contribution in [2.24, 2.45) is 4.99 Å². The molecule has 0 radical (unpaired) electrons. The molecule has 2 aliphatic heterocycles. The van der Waals surface area contributed by atoms with E-state index < -0.39 is 0 Å². The van der Waals surface area contributed by atoms with Crippen molar-refractivity contribution in [1.82, 2.24) is 25.3 Å². The fourth-order valence-electron chi connectivity index (χ4n) is 4.40. The van der Waals surface area contributed by atoms with Crippen LogP contribution in [-0.2, 0) is 4.74 Å². The highest BCUT2D eigenvalue weighted by molar-refractivity contribution is 14.0. The lowest BCUT2D eigenvalue weighted by Gasteiger charge is -2.40. The van der Waals surface area contributed by atoms with Gasteiger partial charge in [0.25, 0.3) is 0 Å². The molecule has 0 spiro atoms. The topological polar surface area (TPSA) is 55.4 Å². The van der Waals surface area contributed by atoms with Gasteiger partial charge in [0, 0.05) is 64.4 Å². The van der Waals surface area contributed by atoms with Gasteiger partial charge in [-0.1, -0.05) is 30.3 Å². The second kappa shape index (κ2) is 15.1. The minimum atomic E-state index is 0. The van der Waals surface area contributed by atoms with E-state index in [0.29, 0.717) is 12.1 Å². The smallest absolute Gasteiger partial charge is 0.191 e. The molecule has 8 heteroatoms. The lowest BCUT2D eigenvalue weighted by molar-refractivity contribution is 0.0220. The molecule has 0 saturated carbocycles. The lowest BCUT2D eigenvalue weighted by Crippen LogP contribution is -2.47. The van der Waals surface area contributed by atoms with Gasteiger partial charge < -0.3 is 20.3 Å². The molecule has 2 atom stereocenters. The minimum absolute atomic E-state index is 0.